The zero-order valence-corrected chi connectivity index (χ0v) is 18.6. The average Bonchev–Trinajstić information content (AvgIpc) is 3.00. The second kappa shape index (κ2) is 9.07. The first-order valence-corrected chi connectivity index (χ1v) is 9.50. The molecule has 1 fully saturated rings. The monoisotopic (exact) mass is 411 g/mol. The van der Waals surface area contributed by atoms with Gasteiger partial charge in [-0.05, 0) is 13.3 Å². The highest BCUT2D eigenvalue weighted by Gasteiger charge is 2.58. The molecule has 164 valence electrons. The fourth-order valence-electron chi connectivity index (χ4n) is 4.08. The van der Waals surface area contributed by atoms with Crippen molar-refractivity contribution < 1.29 is 33.4 Å². The SMILES string of the molecule is C=CC[C@H]1[C@@H](C(C)(C)C(C(C)=O)C(=O)C(=O)OC)OC(C(C)(C)C)N1C(=O)OC. The number of esters is 1. The molecule has 2 unspecified atom stereocenters. The smallest absolute Gasteiger partial charge is 0.411 e. The predicted octanol–water partition coefficient (Wildman–Crippen LogP) is 2.74. The summed E-state index contributed by atoms with van der Waals surface area (Å²) in [5.74, 6) is -3.79. The minimum atomic E-state index is -1.29. The molecule has 8 nitrogen and oxygen atoms in total. The number of ether oxygens (including phenoxy) is 3. The third kappa shape index (κ3) is 4.86. The molecule has 0 radical (unpaired) electrons. The van der Waals surface area contributed by atoms with Crippen LogP contribution in [-0.4, -0.2) is 61.1 Å². The summed E-state index contributed by atoms with van der Waals surface area (Å²) in [4.78, 5) is 51.1. The van der Waals surface area contributed by atoms with Crippen LogP contribution in [0.15, 0.2) is 12.7 Å². The largest absolute Gasteiger partial charge is 0.463 e. The lowest BCUT2D eigenvalue weighted by atomic mass is 9.68. The van der Waals surface area contributed by atoms with E-state index in [1.54, 1.807) is 19.9 Å². The van der Waals surface area contributed by atoms with Crippen molar-refractivity contribution in [2.24, 2.45) is 16.7 Å². The van der Waals surface area contributed by atoms with Gasteiger partial charge in [-0.1, -0.05) is 40.7 Å². The van der Waals surface area contributed by atoms with Gasteiger partial charge >= 0.3 is 12.1 Å². The topological polar surface area (TPSA) is 99.2 Å². The van der Waals surface area contributed by atoms with Crippen molar-refractivity contribution >= 4 is 23.6 Å². The number of carbonyl (C=O) groups is 4. The van der Waals surface area contributed by atoms with E-state index in [4.69, 9.17) is 9.47 Å². The van der Waals surface area contributed by atoms with E-state index in [1.807, 2.05) is 20.8 Å². The van der Waals surface area contributed by atoms with Crippen molar-refractivity contribution in [3.8, 4) is 0 Å². The highest BCUT2D eigenvalue weighted by atomic mass is 16.6. The molecule has 1 aliphatic heterocycles. The molecular weight excluding hydrogens is 378 g/mol. The van der Waals surface area contributed by atoms with Crippen LogP contribution in [0.25, 0.3) is 0 Å². The van der Waals surface area contributed by atoms with Gasteiger partial charge in [-0.2, -0.15) is 0 Å². The van der Waals surface area contributed by atoms with Crippen molar-refractivity contribution in [1.82, 2.24) is 4.90 Å². The summed E-state index contributed by atoms with van der Waals surface area (Å²) in [5.41, 5.74) is -1.59. The van der Waals surface area contributed by atoms with Crippen LogP contribution >= 0.6 is 0 Å². The lowest BCUT2D eigenvalue weighted by Crippen LogP contribution is -2.52. The molecule has 0 saturated carbocycles. The summed E-state index contributed by atoms with van der Waals surface area (Å²) < 4.78 is 15.8. The molecule has 0 spiro atoms. The van der Waals surface area contributed by atoms with Crippen molar-refractivity contribution in [3.63, 3.8) is 0 Å². The molecule has 0 N–H and O–H groups in total. The second-order valence-electron chi connectivity index (χ2n) is 8.96. The van der Waals surface area contributed by atoms with E-state index in [1.165, 1.54) is 18.9 Å². The van der Waals surface area contributed by atoms with Crippen LogP contribution < -0.4 is 0 Å². The first kappa shape index (κ1) is 24.8. The first-order chi connectivity index (χ1) is 13.2. The summed E-state index contributed by atoms with van der Waals surface area (Å²) in [6.07, 6.45) is 0.0283. The van der Waals surface area contributed by atoms with Gasteiger partial charge in [0.1, 0.15) is 12.0 Å². The molecule has 0 aromatic carbocycles. The van der Waals surface area contributed by atoms with Crippen LogP contribution in [0.1, 0.15) is 48.0 Å². The van der Waals surface area contributed by atoms with Crippen molar-refractivity contribution in [3.05, 3.63) is 12.7 Å². The normalized spacial score (nSPS) is 23.3. The standard InChI is InChI=1S/C21H33NO7/c1-10-11-13-16(29-18(20(3,4)5)22(13)19(26)28-9)21(6,7)14(12(2)23)15(24)17(25)27-8/h10,13-14,16,18H,1,11H2,2-9H3/t13-,14?,16-,18?/m0/s1. The summed E-state index contributed by atoms with van der Waals surface area (Å²) in [5, 5.41) is 0. The Bertz CT molecular complexity index is 677. The molecular formula is C21H33NO7. The summed E-state index contributed by atoms with van der Waals surface area (Å²) >= 11 is 0. The van der Waals surface area contributed by atoms with Crippen molar-refractivity contribution in [1.29, 1.82) is 0 Å². The fourth-order valence-corrected chi connectivity index (χ4v) is 4.08. The second-order valence-corrected chi connectivity index (χ2v) is 8.96. The molecule has 29 heavy (non-hydrogen) atoms. The lowest BCUT2D eigenvalue weighted by Gasteiger charge is -2.38. The van der Waals surface area contributed by atoms with Crippen LogP contribution in [0.3, 0.4) is 0 Å². The number of hydrogen-bond donors (Lipinski definition) is 0. The first-order valence-electron chi connectivity index (χ1n) is 9.50. The Labute approximate surface area is 172 Å². The van der Waals surface area contributed by atoms with Crippen molar-refractivity contribution in [2.75, 3.05) is 14.2 Å². The van der Waals surface area contributed by atoms with Gasteiger partial charge in [0.05, 0.1) is 32.3 Å². The lowest BCUT2D eigenvalue weighted by molar-refractivity contribution is -0.161. The Morgan fingerprint density at radius 3 is 2.03 bits per heavy atom. The Hall–Kier alpha value is -2.22. The third-order valence-electron chi connectivity index (χ3n) is 5.30. The van der Waals surface area contributed by atoms with Crippen LogP contribution in [0.2, 0.25) is 0 Å². The van der Waals surface area contributed by atoms with Gasteiger partial charge in [0.25, 0.3) is 5.78 Å². The Morgan fingerprint density at radius 2 is 1.66 bits per heavy atom. The van der Waals surface area contributed by atoms with Gasteiger partial charge in [-0.3, -0.25) is 14.5 Å². The summed E-state index contributed by atoms with van der Waals surface area (Å²) in [7, 11) is 2.37. The predicted molar refractivity (Wildman–Crippen MR) is 106 cm³/mol. The number of ketones is 2. The summed E-state index contributed by atoms with van der Waals surface area (Å²) in [6, 6.07) is -0.536. The maximum absolute atomic E-state index is 12.7. The van der Waals surface area contributed by atoms with E-state index < -0.39 is 58.8 Å². The molecule has 1 saturated heterocycles. The van der Waals surface area contributed by atoms with Gasteiger partial charge in [-0.15, -0.1) is 6.58 Å². The van der Waals surface area contributed by atoms with E-state index in [2.05, 4.69) is 11.3 Å². The van der Waals surface area contributed by atoms with E-state index in [9.17, 15) is 19.2 Å². The number of amides is 1. The molecule has 1 aliphatic rings. The number of carbonyl (C=O) groups excluding carboxylic acids is 4. The molecule has 0 aromatic rings. The average molecular weight is 411 g/mol. The van der Waals surface area contributed by atoms with Crippen LogP contribution in [0.4, 0.5) is 4.79 Å². The molecule has 1 rings (SSSR count). The number of methoxy groups -OCH3 is 2. The molecule has 1 amide bonds. The zero-order valence-electron chi connectivity index (χ0n) is 18.6. The van der Waals surface area contributed by atoms with Gasteiger partial charge in [0, 0.05) is 10.8 Å². The number of hydrogen-bond acceptors (Lipinski definition) is 7. The molecule has 8 heteroatoms. The van der Waals surface area contributed by atoms with Crippen molar-refractivity contribution in [2.45, 2.75) is 66.3 Å². The van der Waals surface area contributed by atoms with Gasteiger partial charge in [0.15, 0.2) is 0 Å². The number of rotatable bonds is 7. The maximum Gasteiger partial charge on any atom is 0.411 e. The van der Waals surface area contributed by atoms with Gasteiger partial charge in [-0.25, -0.2) is 9.59 Å². The molecule has 0 aliphatic carbocycles. The van der Waals surface area contributed by atoms with Gasteiger partial charge in [0.2, 0.25) is 0 Å². The Kier molecular flexibility index (Phi) is 7.76. The fraction of sp³-hybridized carbons (Fsp3) is 0.714. The third-order valence-corrected chi connectivity index (χ3v) is 5.30. The van der Waals surface area contributed by atoms with E-state index in [0.29, 0.717) is 6.42 Å². The van der Waals surface area contributed by atoms with Crippen LogP contribution in [0.5, 0.6) is 0 Å². The highest BCUT2D eigenvalue weighted by molar-refractivity contribution is 6.38. The quantitative estimate of drug-likeness (QED) is 0.275. The minimum Gasteiger partial charge on any atom is -0.463 e. The Balaban J connectivity index is 3.54. The maximum atomic E-state index is 12.7. The zero-order chi connectivity index (χ0) is 22.7. The summed E-state index contributed by atoms with van der Waals surface area (Å²) in [6.45, 7) is 14.1. The highest BCUT2D eigenvalue weighted by Crippen LogP contribution is 2.46. The van der Waals surface area contributed by atoms with Crippen LogP contribution in [0, 0.1) is 16.7 Å². The van der Waals surface area contributed by atoms with Crippen LogP contribution in [-0.2, 0) is 28.6 Å². The molecule has 4 atom stereocenters. The number of nitrogens with zero attached hydrogens (tertiary/aromatic N) is 1. The minimum absolute atomic E-state index is 0.354. The van der Waals surface area contributed by atoms with E-state index in [-0.39, 0.29) is 0 Å². The molecule has 0 aromatic heterocycles. The van der Waals surface area contributed by atoms with E-state index >= 15 is 0 Å². The van der Waals surface area contributed by atoms with E-state index in [0.717, 1.165) is 7.11 Å². The molecule has 1 heterocycles. The number of Topliss-reactive ketones (excluding diaryl/α,β-unsaturated/α-hetero) is 2. The Morgan fingerprint density at radius 1 is 1.10 bits per heavy atom. The molecule has 0 bridgehead atoms. The van der Waals surface area contributed by atoms with Gasteiger partial charge < -0.3 is 14.2 Å².